The predicted molar refractivity (Wildman–Crippen MR) is 117 cm³/mol. The van der Waals surface area contributed by atoms with Crippen LogP contribution in [0.5, 0.6) is 0 Å². The number of anilines is 2. The molecule has 1 aliphatic rings. The summed E-state index contributed by atoms with van der Waals surface area (Å²) in [6, 6.07) is 12.5. The number of benzene rings is 1. The van der Waals surface area contributed by atoms with Gasteiger partial charge in [0.1, 0.15) is 9.88 Å². The van der Waals surface area contributed by atoms with Gasteiger partial charge in [-0.15, -0.1) is 11.3 Å². The van der Waals surface area contributed by atoms with E-state index in [1.165, 1.54) is 11.3 Å². The molecule has 8 nitrogen and oxygen atoms in total. The zero-order valence-corrected chi connectivity index (χ0v) is 17.6. The normalized spacial score (nSPS) is 13.3. The van der Waals surface area contributed by atoms with Crippen LogP contribution in [-0.2, 0) is 14.3 Å². The van der Waals surface area contributed by atoms with Crippen molar-refractivity contribution < 1.29 is 19.1 Å². The van der Waals surface area contributed by atoms with E-state index in [1.54, 1.807) is 42.3 Å². The lowest BCUT2D eigenvalue weighted by molar-refractivity contribution is -0.119. The SMILES string of the molecule is Cc1nc(-c2ccccn2)sc1C(=O)OCC(=O)Nc1cccc(N2CCCC2=O)c1. The summed E-state index contributed by atoms with van der Waals surface area (Å²) in [5.41, 5.74) is 2.46. The highest BCUT2D eigenvalue weighted by Crippen LogP contribution is 2.27. The number of thiazole rings is 1. The van der Waals surface area contributed by atoms with E-state index in [9.17, 15) is 14.4 Å². The third-order valence-corrected chi connectivity index (χ3v) is 5.88. The molecule has 158 valence electrons. The fraction of sp³-hybridized carbons (Fsp3) is 0.227. The highest BCUT2D eigenvalue weighted by Gasteiger charge is 2.22. The number of pyridine rings is 1. The van der Waals surface area contributed by atoms with Crippen LogP contribution in [0.15, 0.2) is 48.7 Å². The third kappa shape index (κ3) is 4.77. The van der Waals surface area contributed by atoms with Gasteiger partial charge in [-0.2, -0.15) is 0 Å². The van der Waals surface area contributed by atoms with Gasteiger partial charge in [0.05, 0.1) is 11.4 Å². The van der Waals surface area contributed by atoms with Gasteiger partial charge in [0.15, 0.2) is 6.61 Å². The van der Waals surface area contributed by atoms with E-state index in [-0.39, 0.29) is 5.91 Å². The minimum Gasteiger partial charge on any atom is -0.451 e. The summed E-state index contributed by atoms with van der Waals surface area (Å²) < 4.78 is 5.17. The molecule has 2 aromatic heterocycles. The number of amides is 2. The van der Waals surface area contributed by atoms with Gasteiger partial charge in [-0.1, -0.05) is 12.1 Å². The Bertz CT molecular complexity index is 1130. The molecule has 2 amide bonds. The first kappa shape index (κ1) is 20.7. The number of nitrogens with zero attached hydrogens (tertiary/aromatic N) is 3. The molecule has 0 radical (unpaired) electrons. The van der Waals surface area contributed by atoms with E-state index in [1.807, 2.05) is 18.2 Å². The number of aryl methyl sites for hydroxylation is 1. The molecule has 1 saturated heterocycles. The Morgan fingerprint density at radius 2 is 2.10 bits per heavy atom. The average Bonchev–Trinajstić information content (AvgIpc) is 3.38. The molecule has 0 saturated carbocycles. The van der Waals surface area contributed by atoms with Crippen LogP contribution in [0.4, 0.5) is 11.4 Å². The van der Waals surface area contributed by atoms with Gasteiger partial charge in [-0.05, 0) is 43.7 Å². The minimum absolute atomic E-state index is 0.0717. The molecule has 1 fully saturated rings. The number of rotatable bonds is 6. The lowest BCUT2D eigenvalue weighted by atomic mass is 10.2. The van der Waals surface area contributed by atoms with E-state index < -0.39 is 18.5 Å². The summed E-state index contributed by atoms with van der Waals surface area (Å²) in [7, 11) is 0. The topological polar surface area (TPSA) is 101 Å². The van der Waals surface area contributed by atoms with Crippen molar-refractivity contribution in [1.29, 1.82) is 0 Å². The fourth-order valence-corrected chi connectivity index (χ4v) is 4.19. The van der Waals surface area contributed by atoms with Crippen molar-refractivity contribution >= 4 is 40.5 Å². The van der Waals surface area contributed by atoms with Crippen molar-refractivity contribution in [2.45, 2.75) is 19.8 Å². The van der Waals surface area contributed by atoms with Crippen molar-refractivity contribution in [3.8, 4) is 10.7 Å². The van der Waals surface area contributed by atoms with Crippen LogP contribution < -0.4 is 10.2 Å². The summed E-state index contributed by atoms with van der Waals surface area (Å²) in [6.07, 6.45) is 3.01. The summed E-state index contributed by atoms with van der Waals surface area (Å²) >= 11 is 1.18. The lowest BCUT2D eigenvalue weighted by Crippen LogP contribution is -2.24. The maximum absolute atomic E-state index is 12.4. The molecule has 1 aromatic carbocycles. The Labute approximate surface area is 182 Å². The molecule has 1 N–H and O–H groups in total. The van der Waals surface area contributed by atoms with Crippen molar-refractivity contribution in [3.63, 3.8) is 0 Å². The van der Waals surface area contributed by atoms with Crippen LogP contribution in [-0.4, -0.2) is 40.9 Å². The second kappa shape index (κ2) is 9.05. The first-order chi connectivity index (χ1) is 15.0. The zero-order chi connectivity index (χ0) is 21.8. The fourth-order valence-electron chi connectivity index (χ4n) is 3.25. The Morgan fingerprint density at radius 1 is 1.23 bits per heavy atom. The molecule has 31 heavy (non-hydrogen) atoms. The van der Waals surface area contributed by atoms with Crippen molar-refractivity contribution in [1.82, 2.24) is 9.97 Å². The Morgan fingerprint density at radius 3 is 2.84 bits per heavy atom. The van der Waals surface area contributed by atoms with Gasteiger partial charge < -0.3 is 15.0 Å². The first-order valence-corrected chi connectivity index (χ1v) is 10.6. The predicted octanol–water partition coefficient (Wildman–Crippen LogP) is 3.44. The molecule has 0 spiro atoms. The van der Waals surface area contributed by atoms with E-state index in [2.05, 4.69) is 15.3 Å². The van der Waals surface area contributed by atoms with Crippen LogP contribution in [0.1, 0.15) is 28.2 Å². The Hall–Kier alpha value is -3.59. The molecule has 3 aromatic rings. The molecule has 3 heterocycles. The zero-order valence-electron chi connectivity index (χ0n) is 16.8. The Balaban J connectivity index is 1.36. The van der Waals surface area contributed by atoms with Crippen molar-refractivity contribution in [3.05, 3.63) is 59.2 Å². The minimum atomic E-state index is -0.608. The smallest absolute Gasteiger partial charge is 0.350 e. The summed E-state index contributed by atoms with van der Waals surface area (Å²) in [6.45, 7) is 1.95. The Kier molecular flexibility index (Phi) is 6.03. The molecule has 0 atom stereocenters. The number of carbonyl (C=O) groups is 3. The van der Waals surface area contributed by atoms with E-state index >= 15 is 0 Å². The van der Waals surface area contributed by atoms with Crippen LogP contribution in [0, 0.1) is 6.92 Å². The maximum Gasteiger partial charge on any atom is 0.350 e. The molecule has 0 aliphatic carbocycles. The number of nitrogens with one attached hydrogen (secondary N) is 1. The quantitative estimate of drug-likeness (QED) is 0.594. The number of hydrogen-bond donors (Lipinski definition) is 1. The highest BCUT2D eigenvalue weighted by atomic mass is 32.1. The molecule has 9 heteroatoms. The lowest BCUT2D eigenvalue weighted by Gasteiger charge is -2.16. The third-order valence-electron chi connectivity index (χ3n) is 4.72. The summed E-state index contributed by atoms with van der Waals surface area (Å²) in [5.74, 6) is -1.00. The highest BCUT2D eigenvalue weighted by molar-refractivity contribution is 7.17. The first-order valence-electron chi connectivity index (χ1n) is 9.77. The number of ether oxygens (including phenoxy) is 1. The average molecular weight is 436 g/mol. The van der Waals surface area contributed by atoms with Crippen LogP contribution in [0.2, 0.25) is 0 Å². The van der Waals surface area contributed by atoms with E-state index in [4.69, 9.17) is 4.74 Å². The van der Waals surface area contributed by atoms with Gasteiger partial charge >= 0.3 is 5.97 Å². The van der Waals surface area contributed by atoms with Crippen LogP contribution >= 0.6 is 11.3 Å². The number of aromatic nitrogens is 2. The van der Waals surface area contributed by atoms with Gasteiger partial charge in [-0.3, -0.25) is 14.6 Å². The standard InChI is InChI=1S/C22H20N4O4S/c1-14-20(31-21(24-14)17-8-2-3-10-23-17)22(29)30-13-18(27)25-15-6-4-7-16(12-15)26-11-5-9-19(26)28/h2-4,6-8,10,12H,5,9,11,13H2,1H3,(H,25,27). The number of carbonyl (C=O) groups excluding carboxylic acids is 3. The van der Waals surface area contributed by atoms with Gasteiger partial charge in [0, 0.05) is 30.5 Å². The van der Waals surface area contributed by atoms with Crippen molar-refractivity contribution in [2.24, 2.45) is 0 Å². The molecular weight excluding hydrogens is 416 g/mol. The number of esters is 1. The maximum atomic E-state index is 12.4. The largest absolute Gasteiger partial charge is 0.451 e. The summed E-state index contributed by atoms with van der Waals surface area (Å²) in [4.78, 5) is 47.2. The molecular formula is C22H20N4O4S. The van der Waals surface area contributed by atoms with E-state index in [0.29, 0.717) is 39.9 Å². The monoisotopic (exact) mass is 436 g/mol. The molecule has 4 rings (SSSR count). The van der Waals surface area contributed by atoms with Crippen molar-refractivity contribution in [2.75, 3.05) is 23.4 Å². The number of hydrogen-bond acceptors (Lipinski definition) is 7. The molecule has 0 unspecified atom stereocenters. The molecule has 1 aliphatic heterocycles. The van der Waals surface area contributed by atoms with Gasteiger partial charge in [0.25, 0.3) is 5.91 Å². The molecule has 0 bridgehead atoms. The summed E-state index contributed by atoms with van der Waals surface area (Å²) in [5, 5.41) is 3.31. The second-order valence-electron chi connectivity index (χ2n) is 6.97. The van der Waals surface area contributed by atoms with E-state index in [0.717, 1.165) is 12.1 Å². The van der Waals surface area contributed by atoms with Crippen LogP contribution in [0.3, 0.4) is 0 Å². The second-order valence-corrected chi connectivity index (χ2v) is 7.97. The van der Waals surface area contributed by atoms with Crippen LogP contribution in [0.25, 0.3) is 10.7 Å². The van der Waals surface area contributed by atoms with Gasteiger partial charge in [0.2, 0.25) is 5.91 Å². The van der Waals surface area contributed by atoms with Gasteiger partial charge in [-0.25, -0.2) is 9.78 Å².